The van der Waals surface area contributed by atoms with Crippen molar-refractivity contribution >= 4 is 5.91 Å². The molecule has 0 aromatic heterocycles. The molecule has 1 aromatic rings. The van der Waals surface area contributed by atoms with Gasteiger partial charge in [-0.1, -0.05) is 12.1 Å². The molecule has 22 heavy (non-hydrogen) atoms. The molecule has 2 aliphatic heterocycles. The minimum atomic E-state index is -0.481. The fourth-order valence-corrected chi connectivity index (χ4v) is 2.80. The molecule has 1 spiro atoms. The van der Waals surface area contributed by atoms with E-state index < -0.39 is 5.79 Å². The summed E-state index contributed by atoms with van der Waals surface area (Å²) in [6.45, 7) is 2.39. The Morgan fingerprint density at radius 2 is 1.95 bits per heavy atom. The van der Waals surface area contributed by atoms with Gasteiger partial charge in [0.05, 0.1) is 18.8 Å². The molecule has 2 aliphatic rings. The number of para-hydroxylation sites is 1. The maximum atomic E-state index is 12.2. The van der Waals surface area contributed by atoms with Crippen molar-refractivity contribution in [2.45, 2.75) is 18.6 Å². The maximum absolute atomic E-state index is 12.2. The summed E-state index contributed by atoms with van der Waals surface area (Å²) in [6, 6.07) is 8.95. The zero-order chi connectivity index (χ0) is 15.4. The number of hydrogen-bond donors (Lipinski definition) is 0. The number of ether oxygens (including phenoxy) is 3. The first-order chi connectivity index (χ1) is 10.7. The van der Waals surface area contributed by atoms with Crippen LogP contribution in [0.1, 0.15) is 18.4 Å². The molecule has 0 aliphatic carbocycles. The molecule has 116 valence electrons. The summed E-state index contributed by atoms with van der Waals surface area (Å²) >= 11 is 0. The maximum Gasteiger partial charge on any atom is 0.260 e. The Labute approximate surface area is 129 Å². The highest BCUT2D eigenvalue weighted by molar-refractivity contribution is 5.78. The zero-order valence-corrected chi connectivity index (χ0v) is 12.3. The minimum absolute atomic E-state index is 0.0621. The highest BCUT2D eigenvalue weighted by Gasteiger charge is 2.40. The minimum Gasteiger partial charge on any atom is -0.482 e. The van der Waals surface area contributed by atoms with Crippen LogP contribution in [-0.2, 0) is 14.3 Å². The standard InChI is InChI=1S/C16H18N2O4/c17-11-13-3-1-2-4-14(13)20-12-15(19)18-7-5-16(6-8-18)21-9-10-22-16/h1-4H,5-10,12H2. The van der Waals surface area contributed by atoms with Gasteiger partial charge in [-0.05, 0) is 12.1 Å². The van der Waals surface area contributed by atoms with Crippen LogP contribution < -0.4 is 4.74 Å². The van der Waals surface area contributed by atoms with Crippen LogP contribution in [0.2, 0.25) is 0 Å². The number of benzene rings is 1. The molecule has 2 fully saturated rings. The molecule has 2 heterocycles. The van der Waals surface area contributed by atoms with Crippen LogP contribution >= 0.6 is 0 Å². The monoisotopic (exact) mass is 302 g/mol. The van der Waals surface area contributed by atoms with Crippen molar-refractivity contribution in [1.29, 1.82) is 5.26 Å². The second kappa shape index (κ2) is 6.34. The molecule has 0 saturated carbocycles. The highest BCUT2D eigenvalue weighted by Crippen LogP contribution is 2.31. The second-order valence-corrected chi connectivity index (χ2v) is 5.39. The molecule has 3 rings (SSSR count). The van der Waals surface area contributed by atoms with E-state index in [1.807, 2.05) is 6.07 Å². The number of carbonyl (C=O) groups is 1. The third kappa shape index (κ3) is 3.06. The first kappa shape index (κ1) is 14.8. The predicted octanol–water partition coefficient (Wildman–Crippen LogP) is 1.30. The number of nitrogens with zero attached hydrogens (tertiary/aromatic N) is 2. The number of piperidine rings is 1. The fraction of sp³-hybridized carbons (Fsp3) is 0.500. The van der Waals surface area contributed by atoms with Crippen molar-refractivity contribution in [1.82, 2.24) is 4.90 Å². The van der Waals surface area contributed by atoms with Gasteiger partial charge in [0.2, 0.25) is 0 Å². The molecule has 0 radical (unpaired) electrons. The van der Waals surface area contributed by atoms with Crippen molar-refractivity contribution in [2.24, 2.45) is 0 Å². The van der Waals surface area contributed by atoms with Crippen molar-refractivity contribution in [3.8, 4) is 11.8 Å². The van der Waals surface area contributed by atoms with E-state index in [4.69, 9.17) is 19.5 Å². The Morgan fingerprint density at radius 3 is 2.64 bits per heavy atom. The Hall–Kier alpha value is -2.10. The first-order valence-corrected chi connectivity index (χ1v) is 7.40. The van der Waals surface area contributed by atoms with Crippen LogP contribution in [0, 0.1) is 11.3 Å². The van der Waals surface area contributed by atoms with Crippen LogP contribution in [0.25, 0.3) is 0 Å². The second-order valence-electron chi connectivity index (χ2n) is 5.39. The van der Waals surface area contributed by atoms with Gasteiger partial charge >= 0.3 is 0 Å². The third-order valence-electron chi connectivity index (χ3n) is 4.05. The van der Waals surface area contributed by atoms with Crippen LogP contribution in [-0.4, -0.2) is 49.5 Å². The van der Waals surface area contributed by atoms with Crippen molar-refractivity contribution in [3.63, 3.8) is 0 Å². The molecular formula is C16H18N2O4. The van der Waals surface area contributed by atoms with E-state index in [2.05, 4.69) is 0 Å². The van der Waals surface area contributed by atoms with Crippen LogP contribution in [0.15, 0.2) is 24.3 Å². The van der Waals surface area contributed by atoms with Gasteiger partial charge in [-0.3, -0.25) is 4.79 Å². The van der Waals surface area contributed by atoms with Gasteiger partial charge in [0.15, 0.2) is 12.4 Å². The summed E-state index contributed by atoms with van der Waals surface area (Å²) < 4.78 is 16.8. The normalized spacial score (nSPS) is 19.9. The van der Waals surface area contributed by atoms with Crippen LogP contribution in [0.5, 0.6) is 5.75 Å². The number of carbonyl (C=O) groups excluding carboxylic acids is 1. The van der Waals surface area contributed by atoms with Gasteiger partial charge in [-0.2, -0.15) is 5.26 Å². The fourth-order valence-electron chi connectivity index (χ4n) is 2.80. The molecule has 2 saturated heterocycles. The Bertz CT molecular complexity index is 580. The third-order valence-corrected chi connectivity index (χ3v) is 4.05. The molecular weight excluding hydrogens is 284 g/mol. The number of amides is 1. The summed E-state index contributed by atoms with van der Waals surface area (Å²) in [5.74, 6) is -0.125. The number of rotatable bonds is 3. The van der Waals surface area contributed by atoms with E-state index in [9.17, 15) is 4.79 Å². The van der Waals surface area contributed by atoms with E-state index in [1.54, 1.807) is 29.2 Å². The summed E-state index contributed by atoms with van der Waals surface area (Å²) in [4.78, 5) is 14.0. The average molecular weight is 302 g/mol. The average Bonchev–Trinajstić information content (AvgIpc) is 3.01. The number of nitriles is 1. The van der Waals surface area contributed by atoms with Crippen LogP contribution in [0.4, 0.5) is 0 Å². The Morgan fingerprint density at radius 1 is 1.27 bits per heavy atom. The summed E-state index contributed by atoms with van der Waals surface area (Å²) in [5, 5.41) is 9.00. The zero-order valence-electron chi connectivity index (χ0n) is 12.3. The van der Waals surface area contributed by atoms with Crippen molar-refractivity contribution < 1.29 is 19.0 Å². The molecule has 6 heteroatoms. The lowest BCUT2D eigenvalue weighted by molar-refractivity contribution is -0.187. The largest absolute Gasteiger partial charge is 0.482 e. The van der Waals surface area contributed by atoms with Gasteiger partial charge in [0.1, 0.15) is 11.8 Å². The van der Waals surface area contributed by atoms with E-state index in [1.165, 1.54) is 0 Å². The summed E-state index contributed by atoms with van der Waals surface area (Å²) in [7, 11) is 0. The smallest absolute Gasteiger partial charge is 0.260 e. The lowest BCUT2D eigenvalue weighted by atomic mass is 10.0. The molecule has 0 bridgehead atoms. The topological polar surface area (TPSA) is 71.8 Å². The molecule has 0 N–H and O–H groups in total. The SMILES string of the molecule is N#Cc1ccccc1OCC(=O)N1CCC2(CC1)OCCO2. The van der Waals surface area contributed by atoms with Crippen molar-refractivity contribution in [3.05, 3.63) is 29.8 Å². The molecule has 6 nitrogen and oxygen atoms in total. The summed E-state index contributed by atoms with van der Waals surface area (Å²) in [6.07, 6.45) is 1.38. The lowest BCUT2D eigenvalue weighted by Gasteiger charge is -2.37. The van der Waals surface area contributed by atoms with Gasteiger partial charge < -0.3 is 19.1 Å². The molecule has 1 aromatic carbocycles. The Kier molecular flexibility index (Phi) is 4.27. The van der Waals surface area contributed by atoms with Gasteiger partial charge in [-0.25, -0.2) is 0 Å². The van der Waals surface area contributed by atoms with E-state index in [0.29, 0.717) is 50.5 Å². The molecule has 0 unspecified atom stereocenters. The lowest BCUT2D eigenvalue weighted by Crippen LogP contribution is -2.48. The van der Waals surface area contributed by atoms with Gasteiger partial charge in [0.25, 0.3) is 5.91 Å². The van der Waals surface area contributed by atoms with E-state index >= 15 is 0 Å². The van der Waals surface area contributed by atoms with E-state index in [0.717, 1.165) is 0 Å². The first-order valence-electron chi connectivity index (χ1n) is 7.40. The Balaban J connectivity index is 1.52. The van der Waals surface area contributed by atoms with E-state index in [-0.39, 0.29) is 12.5 Å². The number of likely N-dealkylation sites (tertiary alicyclic amines) is 1. The van der Waals surface area contributed by atoms with Gasteiger partial charge in [0, 0.05) is 25.9 Å². The van der Waals surface area contributed by atoms with Crippen LogP contribution in [0.3, 0.4) is 0 Å². The predicted molar refractivity (Wildman–Crippen MR) is 77.1 cm³/mol. The van der Waals surface area contributed by atoms with Crippen molar-refractivity contribution in [2.75, 3.05) is 32.9 Å². The quantitative estimate of drug-likeness (QED) is 0.841. The summed E-state index contributed by atoms with van der Waals surface area (Å²) in [5.41, 5.74) is 0.431. The molecule has 0 atom stereocenters. The van der Waals surface area contributed by atoms with Gasteiger partial charge in [-0.15, -0.1) is 0 Å². The number of hydrogen-bond acceptors (Lipinski definition) is 5. The molecule has 1 amide bonds. The highest BCUT2D eigenvalue weighted by atomic mass is 16.7.